The van der Waals surface area contributed by atoms with Crippen LogP contribution >= 0.6 is 0 Å². The molecule has 2 amide bonds. The number of nitrogens with one attached hydrogen (secondary N) is 3. The van der Waals surface area contributed by atoms with Gasteiger partial charge in [0.2, 0.25) is 5.91 Å². The van der Waals surface area contributed by atoms with Crippen LogP contribution in [-0.4, -0.2) is 40.3 Å². The van der Waals surface area contributed by atoms with Crippen molar-refractivity contribution in [3.8, 4) is 23.0 Å². The van der Waals surface area contributed by atoms with Crippen LogP contribution in [0.2, 0.25) is 0 Å². The van der Waals surface area contributed by atoms with Crippen LogP contribution in [0.5, 0.6) is 23.0 Å². The van der Waals surface area contributed by atoms with Gasteiger partial charge in [-0.3, -0.25) is 15.0 Å². The molecule has 0 fully saturated rings. The van der Waals surface area contributed by atoms with E-state index in [1.54, 1.807) is 36.4 Å². The molecular weight excluding hydrogens is 390 g/mol. The van der Waals surface area contributed by atoms with E-state index in [1.165, 1.54) is 28.4 Å². The molecule has 3 N–H and O–H groups in total. The van der Waals surface area contributed by atoms with Crippen molar-refractivity contribution in [3.63, 3.8) is 0 Å². The highest BCUT2D eigenvalue weighted by Crippen LogP contribution is 2.29. The summed E-state index contributed by atoms with van der Waals surface area (Å²) in [5.41, 5.74) is 6.16. The molecule has 0 saturated heterocycles. The molecule has 2 aromatic rings. The average molecular weight is 415 g/mol. The van der Waals surface area contributed by atoms with Crippen molar-refractivity contribution in [1.29, 1.82) is 0 Å². The van der Waals surface area contributed by atoms with Crippen LogP contribution in [0.3, 0.4) is 0 Å². The topological polar surface area (TPSA) is 107 Å². The maximum Gasteiger partial charge on any atom is 0.273 e. The molecule has 0 heterocycles. The molecule has 0 atom stereocenters. The number of methoxy groups -OCH3 is 4. The van der Waals surface area contributed by atoms with Gasteiger partial charge in [-0.15, -0.1) is 0 Å². The first-order valence-electron chi connectivity index (χ1n) is 8.89. The average Bonchev–Trinajstić information content (AvgIpc) is 2.76. The second-order valence-corrected chi connectivity index (χ2v) is 6.04. The third kappa shape index (κ3) is 5.81. The number of hydrogen-bond acceptors (Lipinski definition) is 7. The predicted molar refractivity (Wildman–Crippen MR) is 112 cm³/mol. The van der Waals surface area contributed by atoms with Crippen LogP contribution in [0.15, 0.2) is 48.7 Å². The standard InChI is InChI=1S/C21H25N3O6/c1-13(10-20(25)22-17-11-14(27-2)7-9-18(17)29-4)23-24-21(26)16-8-6-15(28-3)12-19(16)30-5/h6-9,11-12,23H,1,10H2,2-5H3,(H,22,25)(H,24,26). The number of carbonyl (C=O) groups excluding carboxylic acids is 2. The summed E-state index contributed by atoms with van der Waals surface area (Å²) in [6.07, 6.45) is -0.0829. The van der Waals surface area contributed by atoms with E-state index >= 15 is 0 Å². The molecule has 0 aliphatic carbocycles. The Kier molecular flexibility index (Phi) is 7.92. The lowest BCUT2D eigenvalue weighted by Crippen LogP contribution is -2.37. The minimum atomic E-state index is -0.453. The summed E-state index contributed by atoms with van der Waals surface area (Å²) in [5.74, 6) is 1.17. The van der Waals surface area contributed by atoms with Gasteiger partial charge in [-0.25, -0.2) is 0 Å². The van der Waals surface area contributed by atoms with Crippen LogP contribution in [0.4, 0.5) is 5.69 Å². The van der Waals surface area contributed by atoms with Gasteiger partial charge < -0.3 is 29.7 Å². The molecule has 160 valence electrons. The summed E-state index contributed by atoms with van der Waals surface area (Å²) in [7, 11) is 6.00. The number of carbonyl (C=O) groups is 2. The van der Waals surface area contributed by atoms with Crippen LogP contribution in [0.25, 0.3) is 0 Å². The number of hydrazine groups is 1. The summed E-state index contributed by atoms with van der Waals surface area (Å²) >= 11 is 0. The number of benzene rings is 2. The summed E-state index contributed by atoms with van der Waals surface area (Å²) in [6.45, 7) is 3.75. The molecule has 9 heteroatoms. The van der Waals surface area contributed by atoms with Crippen LogP contribution < -0.4 is 35.1 Å². The zero-order valence-electron chi connectivity index (χ0n) is 17.3. The number of anilines is 1. The van der Waals surface area contributed by atoms with E-state index in [-0.39, 0.29) is 18.0 Å². The van der Waals surface area contributed by atoms with Gasteiger partial charge in [0.25, 0.3) is 5.91 Å². The maximum atomic E-state index is 12.4. The van der Waals surface area contributed by atoms with Crippen molar-refractivity contribution in [2.45, 2.75) is 6.42 Å². The summed E-state index contributed by atoms with van der Waals surface area (Å²) in [6, 6.07) is 9.85. The molecule has 0 aliphatic rings. The van der Waals surface area contributed by atoms with Gasteiger partial charge >= 0.3 is 0 Å². The summed E-state index contributed by atoms with van der Waals surface area (Å²) in [5, 5.41) is 2.73. The zero-order chi connectivity index (χ0) is 22.1. The highest BCUT2D eigenvalue weighted by Gasteiger charge is 2.14. The molecule has 2 rings (SSSR count). The molecule has 0 unspecified atom stereocenters. The van der Waals surface area contributed by atoms with Gasteiger partial charge in [-0.05, 0) is 24.3 Å². The van der Waals surface area contributed by atoms with Gasteiger partial charge in [-0.2, -0.15) is 0 Å². The van der Waals surface area contributed by atoms with E-state index in [0.717, 1.165) is 0 Å². The Hall–Kier alpha value is -3.88. The van der Waals surface area contributed by atoms with Gasteiger partial charge in [0, 0.05) is 17.8 Å². The smallest absolute Gasteiger partial charge is 0.273 e. The summed E-state index contributed by atoms with van der Waals surface area (Å²) < 4.78 is 20.7. The quantitative estimate of drug-likeness (QED) is 0.512. The van der Waals surface area contributed by atoms with Gasteiger partial charge in [0.05, 0.1) is 46.1 Å². The Labute approximate surface area is 174 Å². The lowest BCUT2D eigenvalue weighted by Gasteiger charge is -2.14. The van der Waals surface area contributed by atoms with E-state index in [0.29, 0.717) is 34.2 Å². The molecule has 0 spiro atoms. The monoisotopic (exact) mass is 415 g/mol. The van der Waals surface area contributed by atoms with Gasteiger partial charge in [0.1, 0.15) is 23.0 Å². The third-order valence-corrected chi connectivity index (χ3v) is 4.06. The third-order valence-electron chi connectivity index (χ3n) is 4.06. The Morgan fingerprint density at radius 2 is 1.47 bits per heavy atom. The van der Waals surface area contributed by atoms with Crippen LogP contribution in [0, 0.1) is 0 Å². The number of ether oxygens (including phenoxy) is 4. The Morgan fingerprint density at radius 1 is 0.833 bits per heavy atom. The van der Waals surface area contributed by atoms with E-state index in [9.17, 15) is 9.59 Å². The van der Waals surface area contributed by atoms with Gasteiger partial charge in [-0.1, -0.05) is 6.58 Å². The Morgan fingerprint density at radius 3 is 2.10 bits per heavy atom. The first kappa shape index (κ1) is 22.4. The van der Waals surface area contributed by atoms with Crippen molar-refractivity contribution in [2.24, 2.45) is 0 Å². The van der Waals surface area contributed by atoms with Crippen molar-refractivity contribution in [1.82, 2.24) is 10.9 Å². The Balaban J connectivity index is 1.93. The van der Waals surface area contributed by atoms with Crippen molar-refractivity contribution < 1.29 is 28.5 Å². The normalized spacial score (nSPS) is 9.87. The second kappa shape index (κ2) is 10.6. The van der Waals surface area contributed by atoms with Gasteiger partial charge in [0.15, 0.2) is 0 Å². The van der Waals surface area contributed by atoms with Crippen molar-refractivity contribution in [3.05, 3.63) is 54.2 Å². The lowest BCUT2D eigenvalue weighted by molar-refractivity contribution is -0.115. The van der Waals surface area contributed by atoms with Crippen LogP contribution in [0.1, 0.15) is 16.8 Å². The molecule has 0 saturated carbocycles. The SMILES string of the molecule is C=C(CC(=O)Nc1cc(OC)ccc1OC)NNC(=O)c1ccc(OC)cc1OC. The first-order chi connectivity index (χ1) is 14.4. The molecule has 30 heavy (non-hydrogen) atoms. The minimum Gasteiger partial charge on any atom is -0.497 e. The molecule has 2 aromatic carbocycles. The number of hydrogen-bond donors (Lipinski definition) is 3. The molecule has 0 aliphatic heterocycles. The second-order valence-electron chi connectivity index (χ2n) is 6.04. The first-order valence-corrected chi connectivity index (χ1v) is 8.89. The Bertz CT molecular complexity index is 929. The number of rotatable bonds is 10. The fourth-order valence-electron chi connectivity index (χ4n) is 2.54. The van der Waals surface area contributed by atoms with Crippen LogP contribution in [-0.2, 0) is 4.79 Å². The van der Waals surface area contributed by atoms with E-state index in [2.05, 4.69) is 22.7 Å². The van der Waals surface area contributed by atoms with Crippen molar-refractivity contribution >= 4 is 17.5 Å². The molecule has 9 nitrogen and oxygen atoms in total. The predicted octanol–water partition coefficient (Wildman–Crippen LogP) is 2.50. The fraction of sp³-hybridized carbons (Fsp3) is 0.238. The largest absolute Gasteiger partial charge is 0.497 e. The highest BCUT2D eigenvalue weighted by atomic mass is 16.5. The van der Waals surface area contributed by atoms with E-state index < -0.39 is 5.91 Å². The van der Waals surface area contributed by atoms with E-state index in [1.807, 2.05) is 0 Å². The minimum absolute atomic E-state index is 0.0829. The molecule has 0 radical (unpaired) electrons. The highest BCUT2D eigenvalue weighted by molar-refractivity contribution is 5.97. The van der Waals surface area contributed by atoms with E-state index in [4.69, 9.17) is 18.9 Å². The molecular formula is C21H25N3O6. The molecule has 0 aromatic heterocycles. The lowest BCUT2D eigenvalue weighted by atomic mass is 10.2. The fourth-order valence-corrected chi connectivity index (χ4v) is 2.54. The zero-order valence-corrected chi connectivity index (χ0v) is 17.3. The maximum absolute atomic E-state index is 12.4. The summed E-state index contributed by atoms with van der Waals surface area (Å²) in [4.78, 5) is 24.7. The number of amides is 2. The van der Waals surface area contributed by atoms with Crippen molar-refractivity contribution in [2.75, 3.05) is 33.8 Å². The molecule has 0 bridgehead atoms.